The van der Waals surface area contributed by atoms with Crippen LogP contribution in [0.3, 0.4) is 0 Å². The summed E-state index contributed by atoms with van der Waals surface area (Å²) in [6, 6.07) is 0.389. The molecule has 0 aliphatic rings. The summed E-state index contributed by atoms with van der Waals surface area (Å²) >= 11 is 6.53. The normalized spacial score (nSPS) is 14.9. The van der Waals surface area contributed by atoms with Gasteiger partial charge in [-0.15, -0.1) is 24.0 Å². The SMILES string of the molecule is CCCCCCCCCCCCCCC(Cl)CC(CC(C)O)N(C)C.Cl. The van der Waals surface area contributed by atoms with Gasteiger partial charge in [0.05, 0.1) is 6.10 Å². The average Bonchev–Trinajstić information content (AvgIpc) is 2.54. The van der Waals surface area contributed by atoms with Gasteiger partial charge in [-0.2, -0.15) is 0 Å². The molecule has 0 spiro atoms. The van der Waals surface area contributed by atoms with Gasteiger partial charge in [-0.05, 0) is 40.3 Å². The maximum absolute atomic E-state index is 9.60. The van der Waals surface area contributed by atoms with E-state index in [1.54, 1.807) is 0 Å². The molecule has 0 heterocycles. The van der Waals surface area contributed by atoms with Crippen LogP contribution in [0.5, 0.6) is 0 Å². The van der Waals surface area contributed by atoms with E-state index in [1.165, 1.54) is 77.0 Å². The van der Waals surface area contributed by atoms with Gasteiger partial charge in [0.25, 0.3) is 0 Å². The van der Waals surface area contributed by atoms with Gasteiger partial charge in [0.15, 0.2) is 0 Å². The van der Waals surface area contributed by atoms with Gasteiger partial charge in [-0.25, -0.2) is 0 Å². The van der Waals surface area contributed by atoms with E-state index < -0.39 is 0 Å². The lowest BCUT2D eigenvalue weighted by molar-refractivity contribution is 0.133. The second-order valence-electron chi connectivity index (χ2n) is 8.21. The third-order valence-corrected chi connectivity index (χ3v) is 5.64. The summed E-state index contributed by atoms with van der Waals surface area (Å²) in [7, 11) is 4.17. The molecular formula is C22H47Cl2NO. The van der Waals surface area contributed by atoms with Gasteiger partial charge in [0.1, 0.15) is 0 Å². The molecular weight excluding hydrogens is 365 g/mol. The van der Waals surface area contributed by atoms with Crippen LogP contribution in [-0.4, -0.2) is 41.6 Å². The highest BCUT2D eigenvalue weighted by Gasteiger charge is 2.18. The largest absolute Gasteiger partial charge is 0.393 e. The van der Waals surface area contributed by atoms with E-state index in [4.69, 9.17) is 11.6 Å². The number of hydrogen-bond acceptors (Lipinski definition) is 2. The Balaban J connectivity index is 0. The Labute approximate surface area is 175 Å². The van der Waals surface area contributed by atoms with Crippen molar-refractivity contribution in [1.82, 2.24) is 4.90 Å². The number of aliphatic hydroxyl groups is 1. The fourth-order valence-electron chi connectivity index (χ4n) is 3.53. The van der Waals surface area contributed by atoms with E-state index in [9.17, 15) is 5.11 Å². The number of rotatable bonds is 18. The van der Waals surface area contributed by atoms with Crippen molar-refractivity contribution in [2.24, 2.45) is 0 Å². The lowest BCUT2D eigenvalue weighted by Gasteiger charge is -2.27. The number of alkyl halides is 1. The number of nitrogens with zero attached hydrogens (tertiary/aromatic N) is 1. The average molecular weight is 413 g/mol. The van der Waals surface area contributed by atoms with Crippen LogP contribution < -0.4 is 0 Å². The molecule has 0 bridgehead atoms. The van der Waals surface area contributed by atoms with Crippen LogP contribution in [0.4, 0.5) is 0 Å². The first kappa shape index (κ1) is 28.7. The van der Waals surface area contributed by atoms with Crippen LogP contribution >= 0.6 is 24.0 Å². The van der Waals surface area contributed by atoms with Crippen molar-refractivity contribution < 1.29 is 5.11 Å². The molecule has 0 aromatic heterocycles. The molecule has 160 valence electrons. The van der Waals surface area contributed by atoms with Crippen molar-refractivity contribution >= 4 is 24.0 Å². The molecule has 1 N–H and O–H groups in total. The molecule has 0 amide bonds. The minimum Gasteiger partial charge on any atom is -0.393 e. The molecule has 0 fully saturated rings. The topological polar surface area (TPSA) is 23.5 Å². The molecule has 0 aliphatic carbocycles. The summed E-state index contributed by atoms with van der Waals surface area (Å²) in [5, 5.41) is 9.85. The van der Waals surface area contributed by atoms with Gasteiger partial charge < -0.3 is 10.0 Å². The quantitative estimate of drug-likeness (QED) is 0.190. The van der Waals surface area contributed by atoms with E-state index in [0.29, 0.717) is 6.04 Å². The Hall–Kier alpha value is 0.500. The molecule has 0 saturated carbocycles. The first-order valence-electron chi connectivity index (χ1n) is 11.0. The Morgan fingerprint density at radius 1 is 0.769 bits per heavy atom. The van der Waals surface area contributed by atoms with Crippen LogP contribution in [0.15, 0.2) is 0 Å². The third kappa shape index (κ3) is 19.3. The zero-order chi connectivity index (χ0) is 18.9. The van der Waals surface area contributed by atoms with Gasteiger partial charge in [0.2, 0.25) is 0 Å². The maximum Gasteiger partial charge on any atom is 0.0527 e. The molecule has 0 rings (SSSR count). The van der Waals surface area contributed by atoms with Crippen molar-refractivity contribution in [3.63, 3.8) is 0 Å². The fraction of sp³-hybridized carbons (Fsp3) is 1.00. The molecule has 4 heteroatoms. The van der Waals surface area contributed by atoms with E-state index in [2.05, 4.69) is 25.9 Å². The van der Waals surface area contributed by atoms with Gasteiger partial charge in [-0.3, -0.25) is 0 Å². The van der Waals surface area contributed by atoms with Gasteiger partial charge in [-0.1, -0.05) is 84.0 Å². The molecule has 26 heavy (non-hydrogen) atoms. The van der Waals surface area contributed by atoms with E-state index in [0.717, 1.165) is 19.3 Å². The van der Waals surface area contributed by atoms with Crippen LogP contribution in [0.25, 0.3) is 0 Å². The Morgan fingerprint density at radius 2 is 1.19 bits per heavy atom. The Bertz CT molecular complexity index is 275. The minimum absolute atomic E-state index is 0. The smallest absolute Gasteiger partial charge is 0.0527 e. The zero-order valence-corrected chi connectivity index (χ0v) is 19.6. The van der Waals surface area contributed by atoms with Crippen molar-refractivity contribution in [2.75, 3.05) is 14.1 Å². The second kappa shape index (κ2) is 20.2. The summed E-state index contributed by atoms with van der Waals surface area (Å²) in [5.74, 6) is 0. The summed E-state index contributed by atoms with van der Waals surface area (Å²) in [4.78, 5) is 2.20. The van der Waals surface area contributed by atoms with Crippen molar-refractivity contribution in [2.45, 2.75) is 128 Å². The summed E-state index contributed by atoms with van der Waals surface area (Å²) in [5.41, 5.74) is 0. The number of unbranched alkanes of at least 4 members (excludes halogenated alkanes) is 11. The molecule has 0 saturated heterocycles. The highest BCUT2D eigenvalue weighted by Crippen LogP contribution is 2.20. The maximum atomic E-state index is 9.60. The van der Waals surface area contributed by atoms with Crippen LogP contribution in [0, 0.1) is 0 Å². The van der Waals surface area contributed by atoms with E-state index in [-0.39, 0.29) is 23.9 Å². The van der Waals surface area contributed by atoms with Gasteiger partial charge in [0, 0.05) is 11.4 Å². The highest BCUT2D eigenvalue weighted by atomic mass is 35.5. The van der Waals surface area contributed by atoms with Crippen molar-refractivity contribution in [3.8, 4) is 0 Å². The predicted molar refractivity (Wildman–Crippen MR) is 121 cm³/mol. The zero-order valence-electron chi connectivity index (χ0n) is 18.0. The van der Waals surface area contributed by atoms with E-state index >= 15 is 0 Å². The first-order chi connectivity index (χ1) is 12.0. The predicted octanol–water partition coefficient (Wildman–Crippen LogP) is 7.20. The molecule has 0 radical (unpaired) electrons. The van der Waals surface area contributed by atoms with Crippen molar-refractivity contribution in [1.29, 1.82) is 0 Å². The highest BCUT2D eigenvalue weighted by molar-refractivity contribution is 6.20. The Morgan fingerprint density at radius 3 is 1.58 bits per heavy atom. The van der Waals surface area contributed by atoms with Crippen LogP contribution in [-0.2, 0) is 0 Å². The van der Waals surface area contributed by atoms with Crippen LogP contribution in [0.1, 0.15) is 110 Å². The lowest BCUT2D eigenvalue weighted by Crippen LogP contribution is -2.33. The fourth-order valence-corrected chi connectivity index (χ4v) is 3.89. The lowest BCUT2D eigenvalue weighted by atomic mass is 10.00. The monoisotopic (exact) mass is 411 g/mol. The molecule has 0 aromatic carbocycles. The summed E-state index contributed by atoms with van der Waals surface area (Å²) in [6.07, 6.45) is 19.3. The van der Waals surface area contributed by atoms with Crippen molar-refractivity contribution in [3.05, 3.63) is 0 Å². The minimum atomic E-state index is -0.247. The van der Waals surface area contributed by atoms with Crippen LogP contribution in [0.2, 0.25) is 0 Å². The molecule has 3 unspecified atom stereocenters. The van der Waals surface area contributed by atoms with Gasteiger partial charge >= 0.3 is 0 Å². The molecule has 3 atom stereocenters. The first-order valence-corrected chi connectivity index (χ1v) is 11.4. The number of aliphatic hydroxyl groups excluding tert-OH is 1. The molecule has 0 aliphatic heterocycles. The second-order valence-corrected chi connectivity index (χ2v) is 8.83. The summed E-state index contributed by atoms with van der Waals surface area (Å²) in [6.45, 7) is 4.15. The standard InChI is InChI=1S/C22H46ClNO.ClH/c1-5-6-7-8-9-10-11-12-13-14-15-16-17-21(23)19-22(24(3)4)18-20(2)25;/h20-22,25H,5-19H2,1-4H3;1H. The summed E-state index contributed by atoms with van der Waals surface area (Å²) < 4.78 is 0. The molecule has 2 nitrogen and oxygen atoms in total. The van der Waals surface area contributed by atoms with E-state index in [1.807, 2.05) is 6.92 Å². The number of hydrogen-bond donors (Lipinski definition) is 1. The number of halogens is 2. The third-order valence-electron chi connectivity index (χ3n) is 5.24. The molecule has 0 aromatic rings. The Kier molecular flexibility index (Phi) is 22.3.